The number of aromatic nitrogens is 1. The lowest BCUT2D eigenvalue weighted by Gasteiger charge is -2.29. The largest absolute Gasteiger partial charge is 0.449 e. The number of alkyl halides is 3. The van der Waals surface area contributed by atoms with Crippen LogP contribution in [0.2, 0.25) is 0 Å². The van der Waals surface area contributed by atoms with Crippen LogP contribution in [0.5, 0.6) is 0 Å². The minimum atomic E-state index is -4.83. The molecular formula is C20H19F3N4O4. The summed E-state index contributed by atoms with van der Waals surface area (Å²) in [5, 5.41) is 12.1. The fraction of sp³-hybridized carbons (Fsp3) is 0.300. The van der Waals surface area contributed by atoms with Crippen molar-refractivity contribution in [3.05, 3.63) is 64.3 Å². The number of oxazole rings is 1. The predicted octanol–water partition coefficient (Wildman–Crippen LogP) is 3.13. The molecule has 8 nitrogen and oxygen atoms in total. The first-order valence-electron chi connectivity index (χ1n) is 9.39. The van der Waals surface area contributed by atoms with Crippen molar-refractivity contribution in [2.45, 2.75) is 38.6 Å². The Bertz CT molecular complexity index is 1220. The molecule has 0 fully saturated rings. The highest BCUT2D eigenvalue weighted by Crippen LogP contribution is 2.38. The Morgan fingerprint density at radius 2 is 2.03 bits per heavy atom. The van der Waals surface area contributed by atoms with Gasteiger partial charge in [0.25, 0.3) is 0 Å². The molecule has 11 heteroatoms. The quantitative estimate of drug-likeness (QED) is 0.524. The van der Waals surface area contributed by atoms with Crippen LogP contribution in [0.4, 0.5) is 13.2 Å². The first-order valence-corrected chi connectivity index (χ1v) is 9.39. The summed E-state index contributed by atoms with van der Waals surface area (Å²) in [6, 6.07) is 6.43. The van der Waals surface area contributed by atoms with E-state index >= 15 is 0 Å². The van der Waals surface area contributed by atoms with Crippen LogP contribution < -0.4 is 16.6 Å². The molecular weight excluding hydrogens is 417 g/mol. The van der Waals surface area contributed by atoms with Gasteiger partial charge in [-0.15, -0.1) is 5.53 Å². The molecule has 0 saturated heterocycles. The zero-order valence-electron chi connectivity index (χ0n) is 16.6. The predicted molar refractivity (Wildman–Crippen MR) is 104 cm³/mol. The van der Waals surface area contributed by atoms with Gasteiger partial charge in [-0.1, -0.05) is 19.1 Å². The molecule has 0 spiro atoms. The highest BCUT2D eigenvalue weighted by Gasteiger charge is 2.56. The van der Waals surface area contributed by atoms with Gasteiger partial charge in [-0.3, -0.25) is 5.01 Å². The average Bonchev–Trinajstić information content (AvgIpc) is 3.35. The van der Waals surface area contributed by atoms with Crippen LogP contribution in [0.15, 0.2) is 56.1 Å². The molecule has 1 aliphatic rings. The van der Waals surface area contributed by atoms with E-state index in [0.717, 1.165) is 6.20 Å². The van der Waals surface area contributed by atoms with Crippen molar-refractivity contribution in [1.29, 1.82) is 0 Å². The Labute approximate surface area is 173 Å². The summed E-state index contributed by atoms with van der Waals surface area (Å²) in [5.41, 5.74) is 3.00. The molecule has 3 heterocycles. The van der Waals surface area contributed by atoms with Crippen molar-refractivity contribution in [1.82, 2.24) is 21.0 Å². The molecule has 3 aromatic rings. The van der Waals surface area contributed by atoms with Crippen molar-refractivity contribution in [2.75, 3.05) is 0 Å². The van der Waals surface area contributed by atoms with Crippen LogP contribution in [0.1, 0.15) is 24.8 Å². The smallest absolute Gasteiger partial charge is 0.422 e. The van der Waals surface area contributed by atoms with E-state index in [1.165, 1.54) is 24.3 Å². The van der Waals surface area contributed by atoms with E-state index in [-0.39, 0.29) is 6.54 Å². The number of aliphatic hydroxyl groups is 1. The van der Waals surface area contributed by atoms with Gasteiger partial charge in [0.1, 0.15) is 17.5 Å². The second kappa shape index (κ2) is 7.43. The van der Waals surface area contributed by atoms with E-state index in [4.69, 9.17) is 8.83 Å². The molecule has 0 saturated carbocycles. The molecule has 0 bridgehead atoms. The van der Waals surface area contributed by atoms with Crippen LogP contribution >= 0.6 is 0 Å². The number of hydrogen-bond acceptors (Lipinski definition) is 8. The Morgan fingerprint density at radius 3 is 2.68 bits per heavy atom. The molecule has 1 aliphatic heterocycles. The number of rotatable bonds is 5. The standard InChI is InChI=1S/C20H19F3N4O4/c1-3-19(29,20(21,22)23)17-9-27(26-25-17)8-12-4-5-13-14(15-10-30-11(2)24-15)7-18(28)31-16(13)6-12/h4-7,9-10,25-26,29H,3,8H2,1-2H3. The SMILES string of the molecule is CCC(O)(C1=CN(Cc2ccc3c(-c4coc(C)n4)cc(=O)oc3c2)NN1)C(F)(F)F. The molecule has 164 valence electrons. The van der Waals surface area contributed by atoms with Crippen LogP contribution in [0.25, 0.3) is 22.2 Å². The molecule has 0 amide bonds. The van der Waals surface area contributed by atoms with E-state index in [2.05, 4.69) is 15.9 Å². The van der Waals surface area contributed by atoms with Crippen LogP contribution in [-0.4, -0.2) is 26.9 Å². The number of hydrogen-bond donors (Lipinski definition) is 3. The summed E-state index contributed by atoms with van der Waals surface area (Å²) < 4.78 is 50.3. The third-order valence-corrected chi connectivity index (χ3v) is 5.10. The Balaban J connectivity index is 1.63. The second-order valence-electron chi connectivity index (χ2n) is 7.18. The Kier molecular flexibility index (Phi) is 5.02. The monoisotopic (exact) mass is 436 g/mol. The van der Waals surface area contributed by atoms with Gasteiger partial charge in [0.15, 0.2) is 5.89 Å². The highest BCUT2D eigenvalue weighted by atomic mass is 19.4. The molecule has 0 aliphatic carbocycles. The number of aryl methyl sites for hydroxylation is 1. The summed E-state index contributed by atoms with van der Waals surface area (Å²) in [6.45, 7) is 3.07. The fourth-order valence-electron chi connectivity index (χ4n) is 3.39. The van der Waals surface area contributed by atoms with Crippen molar-refractivity contribution in [3.8, 4) is 11.3 Å². The zero-order valence-corrected chi connectivity index (χ0v) is 16.6. The maximum Gasteiger partial charge on any atom is 0.422 e. The summed E-state index contributed by atoms with van der Waals surface area (Å²) >= 11 is 0. The molecule has 1 atom stereocenters. The van der Waals surface area contributed by atoms with E-state index < -0.39 is 29.5 Å². The number of nitrogens with zero attached hydrogens (tertiary/aromatic N) is 2. The minimum absolute atomic E-state index is 0.140. The van der Waals surface area contributed by atoms with Crippen molar-refractivity contribution < 1.29 is 27.1 Å². The Morgan fingerprint density at radius 1 is 1.26 bits per heavy atom. The van der Waals surface area contributed by atoms with Gasteiger partial charge in [0.05, 0.1) is 12.2 Å². The van der Waals surface area contributed by atoms with Gasteiger partial charge < -0.3 is 19.4 Å². The third-order valence-electron chi connectivity index (χ3n) is 5.10. The molecule has 3 N–H and O–H groups in total. The number of benzene rings is 1. The molecule has 2 aromatic heterocycles. The van der Waals surface area contributed by atoms with Crippen LogP contribution in [-0.2, 0) is 6.54 Å². The number of hydrazine groups is 2. The van der Waals surface area contributed by atoms with Gasteiger partial charge >= 0.3 is 11.8 Å². The normalized spacial score (nSPS) is 16.3. The Hall–Kier alpha value is -3.31. The molecule has 1 unspecified atom stereocenters. The van der Waals surface area contributed by atoms with Crippen LogP contribution in [0.3, 0.4) is 0 Å². The summed E-state index contributed by atoms with van der Waals surface area (Å²) in [4.78, 5) is 16.3. The maximum atomic E-state index is 13.3. The van der Waals surface area contributed by atoms with Crippen molar-refractivity contribution in [2.24, 2.45) is 0 Å². The topological polar surface area (TPSA) is 104 Å². The van der Waals surface area contributed by atoms with E-state index in [1.54, 1.807) is 25.1 Å². The van der Waals surface area contributed by atoms with E-state index in [1.807, 2.05) is 0 Å². The molecule has 31 heavy (non-hydrogen) atoms. The van der Waals surface area contributed by atoms with E-state index in [9.17, 15) is 23.1 Å². The average molecular weight is 436 g/mol. The first kappa shape index (κ1) is 20.9. The summed E-state index contributed by atoms with van der Waals surface area (Å²) in [5.74, 6) is 0.453. The zero-order chi connectivity index (χ0) is 22.4. The fourth-order valence-corrected chi connectivity index (χ4v) is 3.39. The minimum Gasteiger partial charge on any atom is -0.449 e. The second-order valence-corrected chi connectivity index (χ2v) is 7.18. The molecule has 4 rings (SSSR count). The highest BCUT2D eigenvalue weighted by molar-refractivity contribution is 5.92. The molecule has 0 radical (unpaired) electrons. The van der Waals surface area contributed by atoms with Gasteiger partial charge in [-0.2, -0.15) is 13.2 Å². The van der Waals surface area contributed by atoms with E-state index in [0.29, 0.717) is 33.7 Å². The number of halogens is 3. The first-order chi connectivity index (χ1) is 14.6. The van der Waals surface area contributed by atoms with Crippen molar-refractivity contribution in [3.63, 3.8) is 0 Å². The summed E-state index contributed by atoms with van der Waals surface area (Å²) in [6.07, 6.45) is -2.78. The number of nitrogens with one attached hydrogen (secondary N) is 2. The maximum absolute atomic E-state index is 13.3. The van der Waals surface area contributed by atoms with Crippen molar-refractivity contribution >= 4 is 11.0 Å². The van der Waals surface area contributed by atoms with Crippen LogP contribution in [0, 0.1) is 6.92 Å². The van der Waals surface area contributed by atoms with Gasteiger partial charge in [-0.05, 0) is 18.1 Å². The lowest BCUT2D eigenvalue weighted by atomic mass is 9.96. The van der Waals surface area contributed by atoms with Gasteiger partial charge in [-0.25, -0.2) is 9.78 Å². The lowest BCUT2D eigenvalue weighted by molar-refractivity contribution is -0.246. The summed E-state index contributed by atoms with van der Waals surface area (Å²) in [7, 11) is 0. The third kappa shape index (κ3) is 3.77. The number of fused-ring (bicyclic) bond motifs is 1. The lowest BCUT2D eigenvalue weighted by Crippen LogP contribution is -2.50. The van der Waals surface area contributed by atoms with Gasteiger partial charge in [0, 0.05) is 30.1 Å². The van der Waals surface area contributed by atoms with Gasteiger partial charge in [0.2, 0.25) is 5.60 Å². The molecule has 1 aromatic carbocycles.